The summed E-state index contributed by atoms with van der Waals surface area (Å²) in [5.74, 6) is 1.11. The van der Waals surface area contributed by atoms with Gasteiger partial charge >= 0.3 is 0 Å². The highest BCUT2D eigenvalue weighted by molar-refractivity contribution is 7.27. The molecule has 0 spiro atoms. The maximum Gasteiger partial charge on any atom is 0.280 e. The minimum Gasteiger partial charge on any atom is -0.358 e. The van der Waals surface area contributed by atoms with E-state index in [4.69, 9.17) is 4.98 Å². The Balaban J connectivity index is 1.67. The predicted molar refractivity (Wildman–Crippen MR) is 139 cm³/mol. The summed E-state index contributed by atoms with van der Waals surface area (Å²) >= 11 is 0. The lowest BCUT2D eigenvalue weighted by Gasteiger charge is -2.23. The lowest BCUT2D eigenvalue weighted by molar-refractivity contribution is 0.700. The molecule has 2 unspecified atom stereocenters. The molecule has 0 saturated carbocycles. The predicted octanol–water partition coefficient (Wildman–Crippen LogP) is 3.54. The summed E-state index contributed by atoms with van der Waals surface area (Å²) in [7, 11) is 2.72. The number of nitrogens with one attached hydrogen (secondary N) is 3. The second-order valence-corrected chi connectivity index (χ2v) is 9.08. The first kappa shape index (κ1) is 22.0. The molecule has 2 aromatic carbocycles. The molecular formula is C24H25N8OP. The van der Waals surface area contributed by atoms with Crippen LogP contribution in [0.1, 0.15) is 35.5 Å². The first-order chi connectivity index (χ1) is 16.3. The summed E-state index contributed by atoms with van der Waals surface area (Å²) in [6.07, 6.45) is 3.03. The van der Waals surface area contributed by atoms with Crippen LogP contribution in [0.4, 0.5) is 11.5 Å². The number of aromatic amines is 1. The number of hydrogen-bond donors (Lipinski definition) is 3. The molecule has 0 amide bonds. The molecule has 0 radical (unpaired) electrons. The van der Waals surface area contributed by atoms with Gasteiger partial charge < -0.3 is 10.3 Å². The number of aromatic nitrogens is 6. The fourth-order valence-corrected chi connectivity index (χ4v) is 4.74. The quantitative estimate of drug-likeness (QED) is 0.335. The van der Waals surface area contributed by atoms with Gasteiger partial charge in [0.2, 0.25) is 0 Å². The van der Waals surface area contributed by atoms with E-state index < -0.39 is 0 Å². The maximum absolute atomic E-state index is 13.8. The molecule has 0 aliphatic rings. The van der Waals surface area contributed by atoms with Crippen LogP contribution in [0.5, 0.6) is 0 Å². The molecule has 9 nitrogen and oxygen atoms in total. The smallest absolute Gasteiger partial charge is 0.280 e. The van der Waals surface area contributed by atoms with Crippen LogP contribution in [0.2, 0.25) is 0 Å². The van der Waals surface area contributed by atoms with Crippen molar-refractivity contribution in [2.24, 2.45) is 0 Å². The van der Waals surface area contributed by atoms with Gasteiger partial charge in [-0.2, -0.15) is 0 Å². The van der Waals surface area contributed by atoms with Gasteiger partial charge in [0, 0.05) is 0 Å². The monoisotopic (exact) mass is 472 g/mol. The third-order valence-corrected chi connectivity index (χ3v) is 6.21. The molecule has 0 saturated heterocycles. The Labute approximate surface area is 198 Å². The highest BCUT2D eigenvalue weighted by Gasteiger charge is 2.20. The average molecular weight is 472 g/mol. The van der Waals surface area contributed by atoms with Crippen LogP contribution in [0.25, 0.3) is 22.1 Å². The summed E-state index contributed by atoms with van der Waals surface area (Å²) in [6.45, 7) is 7.90. The Morgan fingerprint density at radius 1 is 1.06 bits per heavy atom. The Kier molecular flexibility index (Phi) is 5.49. The van der Waals surface area contributed by atoms with Gasteiger partial charge in [0.25, 0.3) is 5.56 Å². The van der Waals surface area contributed by atoms with Crippen LogP contribution >= 0.6 is 9.24 Å². The van der Waals surface area contributed by atoms with Crippen molar-refractivity contribution in [1.82, 2.24) is 29.6 Å². The summed E-state index contributed by atoms with van der Waals surface area (Å²) in [5, 5.41) is 5.04. The second kappa shape index (κ2) is 8.50. The zero-order valence-corrected chi connectivity index (χ0v) is 20.5. The highest BCUT2D eigenvalue weighted by Crippen LogP contribution is 2.25. The number of anilines is 2. The molecular weight excluding hydrogens is 447 g/mol. The van der Waals surface area contributed by atoms with Crippen molar-refractivity contribution in [3.63, 3.8) is 0 Å². The van der Waals surface area contributed by atoms with E-state index in [9.17, 15) is 4.79 Å². The zero-order chi connectivity index (χ0) is 24.0. The van der Waals surface area contributed by atoms with E-state index in [1.54, 1.807) is 6.33 Å². The number of aryl methyl sites for hydroxylation is 3. The van der Waals surface area contributed by atoms with Gasteiger partial charge in [0.05, 0.1) is 29.0 Å². The fourth-order valence-electron chi connectivity index (χ4n) is 4.24. The Hall–Kier alpha value is -3.84. The zero-order valence-electron chi connectivity index (χ0n) is 19.3. The molecule has 0 bridgehead atoms. The van der Waals surface area contributed by atoms with Gasteiger partial charge in [-0.25, -0.2) is 24.6 Å². The van der Waals surface area contributed by atoms with Gasteiger partial charge in [-0.1, -0.05) is 12.1 Å². The van der Waals surface area contributed by atoms with Crippen molar-refractivity contribution >= 4 is 48.1 Å². The fraction of sp³-hybridized carbons (Fsp3) is 0.208. The Morgan fingerprint density at radius 3 is 2.59 bits per heavy atom. The van der Waals surface area contributed by atoms with E-state index in [1.165, 1.54) is 11.0 Å². The number of imidazole rings is 1. The third kappa shape index (κ3) is 3.78. The first-order valence-electron chi connectivity index (χ1n) is 10.9. The van der Waals surface area contributed by atoms with E-state index in [2.05, 4.69) is 52.1 Å². The van der Waals surface area contributed by atoms with Gasteiger partial charge in [-0.05, 0) is 67.9 Å². The van der Waals surface area contributed by atoms with E-state index in [0.29, 0.717) is 33.7 Å². The molecule has 34 heavy (non-hydrogen) atoms. The standard InChI is InChI=1S/C24H25N8OP/c1-12-6-5-7-17-18(12)24(33)32(31-19-13(2)8-16(34)9-14(19)3)23(30-17)15(4)29-22-20-21(26-10-25-20)27-11-28-22/h5-11,15,31H,34H2,1-4H3,(H2,25,26,27,28,29). The van der Waals surface area contributed by atoms with Crippen LogP contribution in [0.3, 0.4) is 0 Å². The number of fused-ring (bicyclic) bond motifs is 2. The Bertz CT molecular complexity index is 1580. The van der Waals surface area contributed by atoms with Crippen LogP contribution < -0.4 is 21.6 Å². The van der Waals surface area contributed by atoms with Crippen molar-refractivity contribution in [1.29, 1.82) is 0 Å². The van der Waals surface area contributed by atoms with Gasteiger partial charge in [0.15, 0.2) is 17.3 Å². The molecule has 0 fully saturated rings. The molecule has 5 rings (SSSR count). The number of benzene rings is 2. The van der Waals surface area contributed by atoms with E-state index >= 15 is 0 Å². The molecule has 0 aliphatic heterocycles. The van der Waals surface area contributed by atoms with Crippen molar-refractivity contribution in [3.8, 4) is 0 Å². The summed E-state index contributed by atoms with van der Waals surface area (Å²) in [6, 6.07) is 9.44. The molecule has 2 atom stereocenters. The van der Waals surface area contributed by atoms with E-state index in [0.717, 1.165) is 27.7 Å². The topological polar surface area (TPSA) is 113 Å². The third-order valence-electron chi connectivity index (χ3n) is 5.87. The number of hydrogen-bond acceptors (Lipinski definition) is 7. The van der Waals surface area contributed by atoms with E-state index in [1.807, 2.05) is 45.9 Å². The van der Waals surface area contributed by atoms with E-state index in [-0.39, 0.29) is 11.6 Å². The Morgan fingerprint density at radius 2 is 1.82 bits per heavy atom. The minimum absolute atomic E-state index is 0.158. The minimum atomic E-state index is -0.367. The van der Waals surface area contributed by atoms with Crippen molar-refractivity contribution in [3.05, 3.63) is 75.9 Å². The van der Waals surface area contributed by atoms with Crippen LogP contribution in [0, 0.1) is 20.8 Å². The van der Waals surface area contributed by atoms with Crippen LogP contribution in [-0.2, 0) is 0 Å². The second-order valence-electron chi connectivity index (χ2n) is 8.41. The highest BCUT2D eigenvalue weighted by atomic mass is 31.0. The molecule has 172 valence electrons. The van der Waals surface area contributed by atoms with Crippen molar-refractivity contribution in [2.45, 2.75) is 33.7 Å². The molecule has 5 aromatic rings. The first-order valence-corrected chi connectivity index (χ1v) is 11.5. The number of rotatable bonds is 5. The maximum atomic E-state index is 13.8. The number of H-pyrrole nitrogens is 1. The molecule has 10 heteroatoms. The lowest BCUT2D eigenvalue weighted by atomic mass is 10.1. The van der Waals surface area contributed by atoms with Crippen molar-refractivity contribution in [2.75, 3.05) is 10.7 Å². The molecule has 3 N–H and O–H groups in total. The van der Waals surface area contributed by atoms with Crippen LogP contribution in [0.15, 0.2) is 47.8 Å². The van der Waals surface area contributed by atoms with Gasteiger partial charge in [0.1, 0.15) is 11.8 Å². The summed E-state index contributed by atoms with van der Waals surface area (Å²) in [5.41, 5.74) is 8.91. The average Bonchev–Trinajstić information content (AvgIpc) is 3.27. The SMILES string of the molecule is Cc1cc(P)cc(C)c1Nn1c(C(C)Nc2ncnc3nc[nH]c23)nc2cccc(C)c2c1=O. The summed E-state index contributed by atoms with van der Waals surface area (Å²) < 4.78 is 1.54. The normalized spacial score (nSPS) is 12.3. The van der Waals surface area contributed by atoms with Gasteiger partial charge in [-0.15, -0.1) is 9.24 Å². The number of nitrogens with zero attached hydrogens (tertiary/aromatic N) is 5. The van der Waals surface area contributed by atoms with Crippen molar-refractivity contribution < 1.29 is 0 Å². The lowest BCUT2D eigenvalue weighted by Crippen LogP contribution is -2.34. The largest absolute Gasteiger partial charge is 0.358 e. The van der Waals surface area contributed by atoms with Gasteiger partial charge in [-0.3, -0.25) is 10.2 Å². The summed E-state index contributed by atoms with van der Waals surface area (Å²) in [4.78, 5) is 34.5. The molecule has 3 heterocycles. The molecule has 3 aromatic heterocycles. The van der Waals surface area contributed by atoms with Crippen LogP contribution in [-0.4, -0.2) is 29.6 Å². The molecule has 0 aliphatic carbocycles.